The number of nitrogens with zero attached hydrogens (tertiary/aromatic N) is 1. The number of halogens is 6. The summed E-state index contributed by atoms with van der Waals surface area (Å²) >= 11 is 0. The van der Waals surface area contributed by atoms with Gasteiger partial charge in [-0.15, -0.1) is 0 Å². The lowest BCUT2D eigenvalue weighted by Gasteiger charge is -2.32. The maximum atomic E-state index is 13.2. The van der Waals surface area contributed by atoms with Crippen molar-refractivity contribution in [2.24, 2.45) is 0 Å². The Morgan fingerprint density at radius 2 is 1.65 bits per heavy atom. The number of alkyl halides is 6. The number of carbonyl (C=O) groups is 1. The monoisotopic (exact) mass is 444 g/mol. The van der Waals surface area contributed by atoms with E-state index in [2.05, 4.69) is 5.32 Å². The first-order valence-corrected chi connectivity index (χ1v) is 9.76. The minimum Gasteiger partial charge on any atom is -0.385 e. The molecule has 168 valence electrons. The highest BCUT2D eigenvalue weighted by Gasteiger charge is 2.37. The summed E-state index contributed by atoms with van der Waals surface area (Å²) in [7, 11) is 0. The van der Waals surface area contributed by atoms with E-state index in [-0.39, 0.29) is 18.2 Å². The van der Waals surface area contributed by atoms with Crippen LogP contribution in [0.2, 0.25) is 0 Å². The minimum absolute atomic E-state index is 0.0931. The van der Waals surface area contributed by atoms with Crippen molar-refractivity contribution >= 4 is 11.6 Å². The third kappa shape index (κ3) is 5.32. The second-order valence-corrected chi connectivity index (χ2v) is 7.74. The molecule has 0 spiro atoms. The third-order valence-electron chi connectivity index (χ3n) is 5.32. The lowest BCUT2D eigenvalue weighted by atomic mass is 9.97. The summed E-state index contributed by atoms with van der Waals surface area (Å²) in [4.78, 5) is 13.8. The molecule has 1 aliphatic rings. The Labute approximate surface area is 176 Å². The van der Waals surface area contributed by atoms with Gasteiger partial charge >= 0.3 is 12.4 Å². The number of aryl methyl sites for hydroxylation is 1. The van der Waals surface area contributed by atoms with Crippen LogP contribution in [0.5, 0.6) is 0 Å². The molecule has 1 amide bonds. The van der Waals surface area contributed by atoms with Crippen molar-refractivity contribution in [3.63, 3.8) is 0 Å². The second kappa shape index (κ2) is 8.43. The molecule has 0 aliphatic carbocycles. The molecule has 0 saturated heterocycles. The van der Waals surface area contributed by atoms with E-state index in [4.69, 9.17) is 0 Å². The topological polar surface area (TPSA) is 32.3 Å². The zero-order valence-electron chi connectivity index (χ0n) is 17.0. The van der Waals surface area contributed by atoms with Crippen molar-refractivity contribution in [2.75, 3.05) is 11.9 Å². The van der Waals surface area contributed by atoms with E-state index in [0.29, 0.717) is 31.5 Å². The molecule has 1 heterocycles. The Hall–Kier alpha value is -2.71. The van der Waals surface area contributed by atoms with Gasteiger partial charge in [-0.1, -0.05) is 17.7 Å². The standard InChI is InChI=1S/C22H22F6N2O/c1-13-5-6-19-18(8-13)20(4-3-7-29-19)30(14(2)31)12-15-9-16(21(23,24)25)11-17(10-15)22(26,27)28/h5-6,8-11,20,29H,3-4,7,12H2,1-2H3. The number of carbonyl (C=O) groups excluding carboxylic acids is 1. The molecule has 0 radical (unpaired) electrons. The average Bonchev–Trinajstić information content (AvgIpc) is 2.86. The number of nitrogens with one attached hydrogen (secondary N) is 1. The Bertz CT molecular complexity index is 935. The Balaban J connectivity index is 2.05. The summed E-state index contributed by atoms with van der Waals surface area (Å²) in [5, 5.41) is 3.26. The summed E-state index contributed by atoms with van der Waals surface area (Å²) in [6, 6.07) is 6.64. The number of hydrogen-bond acceptors (Lipinski definition) is 2. The molecule has 0 aromatic heterocycles. The SMILES string of the molecule is CC(=O)N(Cc1cc(C(F)(F)F)cc(C(F)(F)F)c1)C1CCCNc2ccc(C)cc21. The van der Waals surface area contributed by atoms with Crippen LogP contribution in [0.3, 0.4) is 0 Å². The van der Waals surface area contributed by atoms with Gasteiger partial charge in [0.05, 0.1) is 17.2 Å². The maximum absolute atomic E-state index is 13.2. The van der Waals surface area contributed by atoms with Crippen LogP contribution in [0.25, 0.3) is 0 Å². The van der Waals surface area contributed by atoms with Gasteiger partial charge in [-0.25, -0.2) is 0 Å². The molecule has 0 fully saturated rings. The van der Waals surface area contributed by atoms with Crippen LogP contribution in [-0.4, -0.2) is 17.4 Å². The van der Waals surface area contributed by atoms with E-state index in [9.17, 15) is 31.1 Å². The van der Waals surface area contributed by atoms with Gasteiger partial charge in [-0.2, -0.15) is 26.3 Å². The molecule has 3 rings (SSSR count). The van der Waals surface area contributed by atoms with Crippen LogP contribution in [0, 0.1) is 6.92 Å². The number of fused-ring (bicyclic) bond motifs is 1. The molecule has 3 nitrogen and oxygen atoms in total. The molecule has 2 aromatic rings. The Kier molecular flexibility index (Phi) is 6.25. The largest absolute Gasteiger partial charge is 0.416 e. The van der Waals surface area contributed by atoms with Crippen LogP contribution >= 0.6 is 0 Å². The summed E-state index contributed by atoms with van der Waals surface area (Å²) in [6.45, 7) is 3.44. The zero-order chi connectivity index (χ0) is 23.0. The van der Waals surface area contributed by atoms with Crippen LogP contribution in [0.1, 0.15) is 53.6 Å². The van der Waals surface area contributed by atoms with E-state index < -0.39 is 35.4 Å². The van der Waals surface area contributed by atoms with Crippen LogP contribution < -0.4 is 5.32 Å². The Morgan fingerprint density at radius 1 is 1.03 bits per heavy atom. The van der Waals surface area contributed by atoms with Crippen LogP contribution in [0.15, 0.2) is 36.4 Å². The quantitative estimate of drug-likeness (QED) is 0.562. The van der Waals surface area contributed by atoms with Gasteiger partial charge in [0.1, 0.15) is 0 Å². The maximum Gasteiger partial charge on any atom is 0.416 e. The zero-order valence-corrected chi connectivity index (χ0v) is 17.0. The summed E-state index contributed by atoms with van der Waals surface area (Å²) in [5.41, 5.74) is -0.451. The highest BCUT2D eigenvalue weighted by Crippen LogP contribution is 2.39. The molecule has 1 atom stereocenters. The van der Waals surface area contributed by atoms with Crippen LogP contribution in [0.4, 0.5) is 32.0 Å². The van der Waals surface area contributed by atoms with E-state index in [0.717, 1.165) is 16.8 Å². The van der Waals surface area contributed by atoms with Crippen molar-refractivity contribution < 1.29 is 31.1 Å². The normalized spacial score (nSPS) is 16.8. The van der Waals surface area contributed by atoms with Gasteiger partial charge in [-0.05, 0) is 55.2 Å². The average molecular weight is 444 g/mol. The van der Waals surface area contributed by atoms with Gasteiger partial charge in [0.2, 0.25) is 5.91 Å². The lowest BCUT2D eigenvalue weighted by Crippen LogP contribution is -2.33. The number of rotatable bonds is 3. The van der Waals surface area contributed by atoms with Crippen molar-refractivity contribution in [1.82, 2.24) is 4.90 Å². The molecule has 1 aliphatic heterocycles. The number of anilines is 1. The lowest BCUT2D eigenvalue weighted by molar-refractivity contribution is -0.143. The molecule has 0 saturated carbocycles. The second-order valence-electron chi connectivity index (χ2n) is 7.74. The fraction of sp³-hybridized carbons (Fsp3) is 0.409. The van der Waals surface area contributed by atoms with Crippen molar-refractivity contribution in [3.8, 4) is 0 Å². The summed E-state index contributed by atoms with van der Waals surface area (Å²) < 4.78 is 79.4. The Morgan fingerprint density at radius 3 is 2.19 bits per heavy atom. The first kappa shape index (κ1) is 23.0. The van der Waals surface area contributed by atoms with E-state index >= 15 is 0 Å². The molecular formula is C22H22F6N2O. The van der Waals surface area contributed by atoms with Crippen molar-refractivity contribution in [2.45, 2.75) is 51.6 Å². The van der Waals surface area contributed by atoms with Gasteiger partial charge in [0.25, 0.3) is 0 Å². The van der Waals surface area contributed by atoms with Crippen molar-refractivity contribution in [1.29, 1.82) is 0 Å². The first-order chi connectivity index (χ1) is 14.4. The number of amides is 1. The molecule has 0 bridgehead atoms. The van der Waals surface area contributed by atoms with Crippen LogP contribution in [-0.2, 0) is 23.7 Å². The summed E-state index contributed by atoms with van der Waals surface area (Å²) in [6.07, 6.45) is -8.65. The van der Waals surface area contributed by atoms with Gasteiger partial charge in [0, 0.05) is 25.7 Å². The molecule has 1 N–H and O–H groups in total. The predicted octanol–water partition coefficient (Wildman–Crippen LogP) is 6.33. The molecular weight excluding hydrogens is 422 g/mol. The predicted molar refractivity (Wildman–Crippen MR) is 104 cm³/mol. The molecule has 2 aromatic carbocycles. The minimum atomic E-state index is -4.94. The third-order valence-corrected chi connectivity index (χ3v) is 5.32. The van der Waals surface area contributed by atoms with Gasteiger partial charge < -0.3 is 10.2 Å². The molecule has 31 heavy (non-hydrogen) atoms. The summed E-state index contributed by atoms with van der Waals surface area (Å²) in [5.74, 6) is -0.426. The molecule has 9 heteroatoms. The highest BCUT2D eigenvalue weighted by atomic mass is 19.4. The molecule has 1 unspecified atom stereocenters. The van der Waals surface area contributed by atoms with Gasteiger partial charge in [-0.3, -0.25) is 4.79 Å². The number of benzene rings is 2. The van der Waals surface area contributed by atoms with E-state index in [1.54, 1.807) is 0 Å². The fourth-order valence-electron chi connectivity index (χ4n) is 3.86. The van der Waals surface area contributed by atoms with E-state index in [1.807, 2.05) is 25.1 Å². The highest BCUT2D eigenvalue weighted by molar-refractivity contribution is 5.74. The smallest absolute Gasteiger partial charge is 0.385 e. The van der Waals surface area contributed by atoms with Crippen molar-refractivity contribution in [3.05, 3.63) is 64.2 Å². The number of hydrogen-bond donors (Lipinski definition) is 1. The first-order valence-electron chi connectivity index (χ1n) is 9.76. The van der Waals surface area contributed by atoms with E-state index in [1.165, 1.54) is 11.8 Å². The fourth-order valence-corrected chi connectivity index (χ4v) is 3.86. The van der Waals surface area contributed by atoms with Gasteiger partial charge in [0.15, 0.2) is 0 Å².